The molecule has 2 rings (SSSR count). The number of esters is 1. The molecule has 4 nitrogen and oxygen atoms in total. The van der Waals surface area contributed by atoms with Gasteiger partial charge >= 0.3 is 5.97 Å². The number of anilines is 2. The molecule has 0 unspecified atom stereocenters. The van der Waals surface area contributed by atoms with Crippen molar-refractivity contribution in [2.24, 2.45) is 0 Å². The first-order chi connectivity index (χ1) is 9.85. The number of aromatic nitrogens is 1. The zero-order valence-corrected chi connectivity index (χ0v) is 14.3. The highest BCUT2D eigenvalue weighted by Gasteiger charge is 2.20. The third-order valence-electron chi connectivity index (χ3n) is 2.51. The molecule has 0 bridgehead atoms. The van der Waals surface area contributed by atoms with Crippen molar-refractivity contribution in [1.29, 1.82) is 0 Å². The zero-order valence-electron chi connectivity index (χ0n) is 12.2. The minimum absolute atomic E-state index is 0.385. The molecule has 0 saturated carbocycles. The van der Waals surface area contributed by atoms with Crippen LogP contribution in [0.2, 0.25) is 0 Å². The normalized spacial score (nSPS) is 11.0. The maximum atomic E-state index is 12.2. The molecule has 1 aromatic carbocycles. The number of carbonyl (C=O) groups is 1. The van der Waals surface area contributed by atoms with Gasteiger partial charge in [-0.05, 0) is 73.7 Å². The molecular weight excluding hydrogens is 379 g/mol. The molecule has 0 aliphatic carbocycles. The molecule has 0 aliphatic heterocycles. The average Bonchev–Trinajstić information content (AvgIpc) is 2.37. The van der Waals surface area contributed by atoms with E-state index in [0.717, 1.165) is 9.26 Å². The smallest absolute Gasteiger partial charge is 0.342 e. The Kier molecular flexibility index (Phi) is 4.82. The maximum Gasteiger partial charge on any atom is 0.342 e. The van der Waals surface area contributed by atoms with Gasteiger partial charge in [0.2, 0.25) is 0 Å². The molecular formula is C16H17IN2O2. The van der Waals surface area contributed by atoms with Crippen LogP contribution in [0.1, 0.15) is 31.1 Å². The summed E-state index contributed by atoms with van der Waals surface area (Å²) in [4.78, 5) is 16.5. The largest absolute Gasteiger partial charge is 0.456 e. The van der Waals surface area contributed by atoms with Crippen LogP contribution in [0, 0.1) is 3.57 Å². The Morgan fingerprint density at radius 1 is 1.24 bits per heavy atom. The third kappa shape index (κ3) is 4.70. The van der Waals surface area contributed by atoms with Crippen molar-refractivity contribution >= 4 is 40.1 Å². The van der Waals surface area contributed by atoms with Crippen molar-refractivity contribution in [1.82, 2.24) is 4.98 Å². The van der Waals surface area contributed by atoms with E-state index in [-0.39, 0.29) is 5.97 Å². The van der Waals surface area contributed by atoms with Crippen LogP contribution >= 0.6 is 22.6 Å². The predicted octanol–water partition coefficient (Wildman–Crippen LogP) is 4.39. The molecule has 1 heterocycles. The van der Waals surface area contributed by atoms with E-state index in [1.54, 1.807) is 18.3 Å². The lowest BCUT2D eigenvalue weighted by Gasteiger charge is -2.20. The maximum absolute atomic E-state index is 12.2. The Balaban J connectivity index is 2.27. The van der Waals surface area contributed by atoms with Crippen molar-refractivity contribution in [3.05, 3.63) is 51.7 Å². The molecule has 5 heteroatoms. The van der Waals surface area contributed by atoms with Crippen molar-refractivity contribution in [3.8, 4) is 0 Å². The lowest BCUT2D eigenvalue weighted by atomic mass is 10.2. The van der Waals surface area contributed by atoms with Gasteiger partial charge in [0, 0.05) is 15.5 Å². The van der Waals surface area contributed by atoms with Gasteiger partial charge in [0.15, 0.2) is 0 Å². The van der Waals surface area contributed by atoms with Crippen LogP contribution in [0.15, 0.2) is 42.6 Å². The lowest BCUT2D eigenvalue weighted by Crippen LogP contribution is -2.24. The standard InChI is InChI=1S/C16H17IN2O2/c1-16(2,3)21-15(20)13-8-5-9-18-14(13)19-12-7-4-6-11(17)10-12/h4-10H,1-3H3,(H,18,19). The number of rotatable bonds is 3. The topological polar surface area (TPSA) is 51.2 Å². The monoisotopic (exact) mass is 396 g/mol. The summed E-state index contributed by atoms with van der Waals surface area (Å²) in [7, 11) is 0. The van der Waals surface area contributed by atoms with Crippen LogP contribution in [0.3, 0.4) is 0 Å². The van der Waals surface area contributed by atoms with Crippen LogP contribution in [0.25, 0.3) is 0 Å². The average molecular weight is 396 g/mol. The molecule has 0 fully saturated rings. The quantitative estimate of drug-likeness (QED) is 0.618. The first kappa shape index (κ1) is 15.8. The van der Waals surface area contributed by atoms with E-state index in [4.69, 9.17) is 4.74 Å². The molecule has 2 aromatic rings. The van der Waals surface area contributed by atoms with E-state index in [0.29, 0.717) is 11.4 Å². The van der Waals surface area contributed by atoms with Crippen LogP contribution < -0.4 is 5.32 Å². The van der Waals surface area contributed by atoms with Crippen molar-refractivity contribution in [2.45, 2.75) is 26.4 Å². The Hall–Kier alpha value is -1.63. The Morgan fingerprint density at radius 2 is 2.00 bits per heavy atom. The number of pyridine rings is 1. The molecule has 1 aromatic heterocycles. The minimum Gasteiger partial charge on any atom is -0.456 e. The van der Waals surface area contributed by atoms with E-state index >= 15 is 0 Å². The highest BCUT2D eigenvalue weighted by atomic mass is 127. The number of hydrogen-bond donors (Lipinski definition) is 1. The molecule has 1 N–H and O–H groups in total. The van der Waals surface area contributed by atoms with Crippen molar-refractivity contribution in [2.75, 3.05) is 5.32 Å². The minimum atomic E-state index is -0.535. The number of nitrogens with one attached hydrogen (secondary N) is 1. The fraction of sp³-hybridized carbons (Fsp3) is 0.250. The van der Waals surface area contributed by atoms with Gasteiger partial charge in [-0.2, -0.15) is 0 Å². The molecule has 0 aliphatic rings. The Morgan fingerprint density at radius 3 is 2.67 bits per heavy atom. The first-order valence-electron chi connectivity index (χ1n) is 6.56. The summed E-state index contributed by atoms with van der Waals surface area (Å²) in [5, 5.41) is 3.16. The van der Waals surface area contributed by atoms with Gasteiger partial charge in [-0.25, -0.2) is 9.78 Å². The lowest BCUT2D eigenvalue weighted by molar-refractivity contribution is 0.00704. The van der Waals surface area contributed by atoms with Crippen LogP contribution in [-0.4, -0.2) is 16.6 Å². The summed E-state index contributed by atoms with van der Waals surface area (Å²) in [6.07, 6.45) is 1.64. The number of ether oxygens (including phenoxy) is 1. The number of benzene rings is 1. The van der Waals surface area contributed by atoms with E-state index in [2.05, 4.69) is 32.9 Å². The van der Waals surface area contributed by atoms with E-state index in [9.17, 15) is 4.79 Å². The second kappa shape index (κ2) is 6.43. The van der Waals surface area contributed by atoms with Gasteiger partial charge in [0.05, 0.1) is 0 Å². The number of nitrogens with zero attached hydrogens (tertiary/aromatic N) is 1. The van der Waals surface area contributed by atoms with Gasteiger partial charge in [-0.1, -0.05) is 6.07 Å². The summed E-state index contributed by atoms with van der Waals surface area (Å²) >= 11 is 2.24. The summed E-state index contributed by atoms with van der Waals surface area (Å²) in [5.41, 5.74) is 0.767. The van der Waals surface area contributed by atoms with Crippen LogP contribution in [0.5, 0.6) is 0 Å². The van der Waals surface area contributed by atoms with E-state index in [1.807, 2.05) is 45.0 Å². The summed E-state index contributed by atoms with van der Waals surface area (Å²) in [6, 6.07) is 11.3. The molecule has 0 amide bonds. The van der Waals surface area contributed by atoms with E-state index in [1.165, 1.54) is 0 Å². The zero-order chi connectivity index (χ0) is 15.5. The van der Waals surface area contributed by atoms with Crippen molar-refractivity contribution < 1.29 is 9.53 Å². The number of halogens is 1. The Bertz CT molecular complexity index is 651. The van der Waals surface area contributed by atoms with Gasteiger partial charge < -0.3 is 10.1 Å². The highest BCUT2D eigenvalue weighted by Crippen LogP contribution is 2.22. The summed E-state index contributed by atoms with van der Waals surface area (Å²) in [5.74, 6) is 0.109. The van der Waals surface area contributed by atoms with Crippen LogP contribution in [-0.2, 0) is 4.74 Å². The predicted molar refractivity (Wildman–Crippen MR) is 91.8 cm³/mol. The van der Waals surface area contributed by atoms with Gasteiger partial charge in [-0.3, -0.25) is 0 Å². The summed E-state index contributed by atoms with van der Waals surface area (Å²) < 4.78 is 6.51. The molecule has 0 radical (unpaired) electrons. The fourth-order valence-electron chi connectivity index (χ4n) is 1.71. The second-order valence-electron chi connectivity index (χ2n) is 5.54. The Labute approximate surface area is 138 Å². The van der Waals surface area contributed by atoms with E-state index < -0.39 is 5.60 Å². The number of hydrogen-bond acceptors (Lipinski definition) is 4. The third-order valence-corrected chi connectivity index (χ3v) is 3.18. The fourth-order valence-corrected chi connectivity index (χ4v) is 2.25. The van der Waals surface area contributed by atoms with Gasteiger partial charge in [0.25, 0.3) is 0 Å². The molecule has 110 valence electrons. The summed E-state index contributed by atoms with van der Waals surface area (Å²) in [6.45, 7) is 5.52. The van der Waals surface area contributed by atoms with Crippen LogP contribution in [0.4, 0.5) is 11.5 Å². The first-order valence-corrected chi connectivity index (χ1v) is 7.64. The molecule has 21 heavy (non-hydrogen) atoms. The van der Waals surface area contributed by atoms with Gasteiger partial charge in [-0.15, -0.1) is 0 Å². The highest BCUT2D eigenvalue weighted by molar-refractivity contribution is 14.1. The van der Waals surface area contributed by atoms with Crippen molar-refractivity contribution in [3.63, 3.8) is 0 Å². The SMILES string of the molecule is CC(C)(C)OC(=O)c1cccnc1Nc1cccc(I)c1. The molecule has 0 atom stereocenters. The molecule has 0 spiro atoms. The second-order valence-corrected chi connectivity index (χ2v) is 6.78. The number of carbonyl (C=O) groups excluding carboxylic acids is 1. The molecule has 0 saturated heterocycles. The van der Waals surface area contributed by atoms with Gasteiger partial charge in [0.1, 0.15) is 17.0 Å².